The molecule has 0 spiro atoms. The highest BCUT2D eigenvalue weighted by Crippen LogP contribution is 2.26. The fourth-order valence-electron chi connectivity index (χ4n) is 2.43. The smallest absolute Gasteiger partial charge is 0.00545 e. The van der Waals surface area contributed by atoms with E-state index in [1.165, 1.54) is 27.8 Å². The predicted molar refractivity (Wildman–Crippen MR) is 73.0 cm³/mol. The summed E-state index contributed by atoms with van der Waals surface area (Å²) in [5.41, 5.74) is 7.13. The molecule has 0 aromatic heterocycles. The van der Waals surface area contributed by atoms with Crippen LogP contribution in [-0.4, -0.2) is 0 Å². The van der Waals surface area contributed by atoms with Crippen molar-refractivity contribution in [2.24, 2.45) is 0 Å². The monoisotopic (exact) mass is 220 g/mol. The van der Waals surface area contributed by atoms with Crippen molar-refractivity contribution in [2.75, 3.05) is 0 Å². The lowest BCUT2D eigenvalue weighted by atomic mass is 10.0. The third-order valence-electron chi connectivity index (χ3n) is 3.38. The maximum Gasteiger partial charge on any atom is -0.00545 e. The summed E-state index contributed by atoms with van der Waals surface area (Å²) in [6.07, 6.45) is 4.54. The van der Waals surface area contributed by atoms with Gasteiger partial charge in [0.25, 0.3) is 0 Å². The minimum absolute atomic E-state index is 1.08. The first kappa shape index (κ1) is 10.3. The lowest BCUT2D eigenvalue weighted by Crippen LogP contribution is -1.90. The van der Waals surface area contributed by atoms with E-state index in [0.29, 0.717) is 0 Å². The number of allylic oxidation sites excluding steroid dienone is 1. The van der Waals surface area contributed by atoms with E-state index in [2.05, 4.69) is 61.5 Å². The Hall–Kier alpha value is -1.82. The fourth-order valence-corrected chi connectivity index (χ4v) is 2.43. The van der Waals surface area contributed by atoms with Gasteiger partial charge in [-0.15, -0.1) is 0 Å². The fraction of sp³-hybridized carbons (Fsp3) is 0.176. The molecule has 0 N–H and O–H groups in total. The first-order valence-electron chi connectivity index (χ1n) is 6.14. The average Bonchev–Trinajstić information content (AvgIpc) is 2.74. The number of hydrogen-bond acceptors (Lipinski definition) is 0. The van der Waals surface area contributed by atoms with Gasteiger partial charge in [0.05, 0.1) is 0 Å². The molecule has 0 saturated carbocycles. The van der Waals surface area contributed by atoms with Crippen LogP contribution in [-0.2, 0) is 12.8 Å². The molecule has 0 fully saturated rings. The first-order valence-corrected chi connectivity index (χ1v) is 6.14. The van der Waals surface area contributed by atoms with Crippen LogP contribution in [0.4, 0.5) is 0 Å². The zero-order valence-corrected chi connectivity index (χ0v) is 10.1. The van der Waals surface area contributed by atoms with Gasteiger partial charge < -0.3 is 0 Å². The van der Waals surface area contributed by atoms with Gasteiger partial charge in [-0.25, -0.2) is 0 Å². The summed E-state index contributed by atoms with van der Waals surface area (Å²) in [4.78, 5) is 0. The van der Waals surface area contributed by atoms with E-state index in [1.807, 2.05) is 0 Å². The van der Waals surface area contributed by atoms with Crippen LogP contribution in [0.15, 0.2) is 54.1 Å². The van der Waals surface area contributed by atoms with E-state index >= 15 is 0 Å². The number of fused-ring (bicyclic) bond motifs is 1. The molecule has 0 heterocycles. The second-order valence-electron chi connectivity index (χ2n) is 4.84. The van der Waals surface area contributed by atoms with E-state index < -0.39 is 0 Å². The van der Waals surface area contributed by atoms with Gasteiger partial charge in [0.15, 0.2) is 0 Å². The molecular weight excluding hydrogens is 204 g/mol. The summed E-state index contributed by atoms with van der Waals surface area (Å²) in [5, 5.41) is 0. The summed E-state index contributed by atoms with van der Waals surface area (Å²) in [6.45, 7) is 2.13. The second kappa shape index (κ2) is 4.21. The highest BCUT2D eigenvalue weighted by molar-refractivity contribution is 5.64. The Morgan fingerprint density at radius 3 is 2.47 bits per heavy atom. The number of benzene rings is 2. The molecule has 84 valence electrons. The Morgan fingerprint density at radius 2 is 1.71 bits per heavy atom. The van der Waals surface area contributed by atoms with Crippen molar-refractivity contribution in [1.82, 2.24) is 0 Å². The van der Waals surface area contributed by atoms with Gasteiger partial charge >= 0.3 is 0 Å². The van der Waals surface area contributed by atoms with E-state index in [-0.39, 0.29) is 0 Å². The van der Waals surface area contributed by atoms with Crippen molar-refractivity contribution < 1.29 is 0 Å². The zero-order valence-electron chi connectivity index (χ0n) is 10.1. The van der Waals surface area contributed by atoms with Crippen LogP contribution in [0.25, 0.3) is 6.08 Å². The Bertz CT molecular complexity index is 559. The van der Waals surface area contributed by atoms with Crippen molar-refractivity contribution in [3.63, 3.8) is 0 Å². The lowest BCUT2D eigenvalue weighted by Gasteiger charge is -2.03. The zero-order chi connectivity index (χ0) is 11.7. The molecule has 0 amide bonds. The van der Waals surface area contributed by atoms with Crippen molar-refractivity contribution >= 4 is 6.08 Å². The normalized spacial score (nSPS) is 13.4. The molecule has 1 aliphatic rings. The molecule has 0 nitrogen and oxygen atoms in total. The number of aryl methyl sites for hydroxylation is 1. The molecule has 2 aromatic carbocycles. The van der Waals surface area contributed by atoms with E-state index in [4.69, 9.17) is 0 Å². The van der Waals surface area contributed by atoms with Crippen molar-refractivity contribution in [3.8, 4) is 0 Å². The molecule has 0 atom stereocenters. The Labute approximate surface area is 103 Å². The number of rotatable bonds is 2. The SMILES string of the molecule is Cc1ccc(CC2=Cc3ccccc3C2)cc1. The van der Waals surface area contributed by atoms with Gasteiger partial charge in [-0.05, 0) is 36.5 Å². The van der Waals surface area contributed by atoms with Crippen molar-refractivity contribution in [2.45, 2.75) is 19.8 Å². The van der Waals surface area contributed by atoms with Crippen LogP contribution >= 0.6 is 0 Å². The highest BCUT2D eigenvalue weighted by atomic mass is 14.2. The van der Waals surface area contributed by atoms with Crippen molar-refractivity contribution in [3.05, 3.63) is 76.4 Å². The molecule has 0 unspecified atom stereocenters. The largest absolute Gasteiger partial charge is 0.0619 e. The van der Waals surface area contributed by atoms with Crippen LogP contribution < -0.4 is 0 Å². The van der Waals surface area contributed by atoms with Crippen molar-refractivity contribution in [1.29, 1.82) is 0 Å². The van der Waals surface area contributed by atoms with Gasteiger partial charge in [0.2, 0.25) is 0 Å². The van der Waals surface area contributed by atoms with Gasteiger partial charge in [-0.3, -0.25) is 0 Å². The molecule has 0 radical (unpaired) electrons. The van der Waals surface area contributed by atoms with Gasteiger partial charge in [0.1, 0.15) is 0 Å². The Morgan fingerprint density at radius 1 is 0.941 bits per heavy atom. The quantitative estimate of drug-likeness (QED) is 0.712. The maximum atomic E-state index is 2.34. The first-order chi connectivity index (χ1) is 8.31. The molecular formula is C17H16. The van der Waals surface area contributed by atoms with Crippen LogP contribution in [0.5, 0.6) is 0 Å². The van der Waals surface area contributed by atoms with Gasteiger partial charge in [0, 0.05) is 0 Å². The van der Waals surface area contributed by atoms with Crippen LogP contribution in [0.3, 0.4) is 0 Å². The molecule has 1 aliphatic carbocycles. The summed E-state index contributed by atoms with van der Waals surface area (Å²) < 4.78 is 0. The van der Waals surface area contributed by atoms with Crippen LogP contribution in [0.1, 0.15) is 22.3 Å². The Balaban J connectivity index is 1.79. The standard InChI is InChI=1S/C17H16/c1-13-6-8-14(9-7-13)10-15-11-16-4-2-3-5-17(16)12-15/h2-9,11H,10,12H2,1H3. The van der Waals surface area contributed by atoms with Gasteiger partial charge in [-0.2, -0.15) is 0 Å². The van der Waals surface area contributed by atoms with Crippen LogP contribution in [0, 0.1) is 6.92 Å². The number of hydrogen-bond donors (Lipinski definition) is 0. The summed E-state index contributed by atoms with van der Waals surface area (Å²) in [6, 6.07) is 17.5. The van der Waals surface area contributed by atoms with E-state index in [9.17, 15) is 0 Å². The van der Waals surface area contributed by atoms with Crippen LogP contribution in [0.2, 0.25) is 0 Å². The lowest BCUT2D eigenvalue weighted by molar-refractivity contribution is 1.07. The molecule has 17 heavy (non-hydrogen) atoms. The molecule has 0 heteroatoms. The molecule has 0 bridgehead atoms. The van der Waals surface area contributed by atoms with E-state index in [0.717, 1.165) is 12.8 Å². The molecule has 0 aliphatic heterocycles. The third-order valence-corrected chi connectivity index (χ3v) is 3.38. The summed E-state index contributed by atoms with van der Waals surface area (Å²) in [7, 11) is 0. The predicted octanol–water partition coefficient (Wildman–Crippen LogP) is 4.18. The van der Waals surface area contributed by atoms with E-state index in [1.54, 1.807) is 0 Å². The van der Waals surface area contributed by atoms with Gasteiger partial charge in [-0.1, -0.05) is 65.7 Å². The minimum Gasteiger partial charge on any atom is -0.0619 e. The highest BCUT2D eigenvalue weighted by Gasteiger charge is 2.11. The molecule has 3 rings (SSSR count). The molecule has 2 aromatic rings. The minimum atomic E-state index is 1.08. The summed E-state index contributed by atoms with van der Waals surface area (Å²) in [5.74, 6) is 0. The Kier molecular flexibility index (Phi) is 2.56. The summed E-state index contributed by atoms with van der Waals surface area (Å²) >= 11 is 0. The molecule has 0 saturated heterocycles. The average molecular weight is 220 g/mol. The second-order valence-corrected chi connectivity index (χ2v) is 4.84. The third kappa shape index (κ3) is 2.16. The topological polar surface area (TPSA) is 0 Å². The maximum absolute atomic E-state index is 2.34.